The molecule has 0 radical (unpaired) electrons. The Morgan fingerprint density at radius 1 is 1.08 bits per heavy atom. The number of furan rings is 1. The highest BCUT2D eigenvalue weighted by molar-refractivity contribution is 7.98. The van der Waals surface area contributed by atoms with Crippen LogP contribution in [0.5, 0.6) is 0 Å². The highest BCUT2D eigenvalue weighted by Crippen LogP contribution is 2.29. The third-order valence-corrected chi connectivity index (χ3v) is 4.81. The van der Waals surface area contributed by atoms with Crippen molar-refractivity contribution in [2.24, 2.45) is 7.05 Å². The van der Waals surface area contributed by atoms with E-state index in [0.29, 0.717) is 39.7 Å². The zero-order valence-corrected chi connectivity index (χ0v) is 14.7. The second-order valence-corrected chi connectivity index (χ2v) is 6.46. The average molecular weight is 374 g/mol. The Labute approximate surface area is 152 Å². The maximum Gasteiger partial charge on any atom is 0.249 e. The van der Waals surface area contributed by atoms with Crippen molar-refractivity contribution < 1.29 is 8.83 Å². The van der Waals surface area contributed by atoms with Crippen LogP contribution < -0.4 is 0 Å². The van der Waals surface area contributed by atoms with Crippen molar-refractivity contribution >= 4 is 23.4 Å². The smallest absolute Gasteiger partial charge is 0.249 e. The average Bonchev–Trinajstić information content (AvgIpc) is 3.34. The summed E-state index contributed by atoms with van der Waals surface area (Å²) in [5.41, 5.74) is 0.715. The van der Waals surface area contributed by atoms with Crippen molar-refractivity contribution in [3.8, 4) is 23.0 Å². The van der Waals surface area contributed by atoms with E-state index in [2.05, 4.69) is 20.4 Å². The van der Waals surface area contributed by atoms with Crippen molar-refractivity contribution in [2.45, 2.75) is 10.9 Å². The first-order valence-electron chi connectivity index (χ1n) is 7.35. The van der Waals surface area contributed by atoms with Crippen LogP contribution in [-0.4, -0.2) is 25.0 Å². The van der Waals surface area contributed by atoms with Gasteiger partial charge < -0.3 is 13.4 Å². The van der Waals surface area contributed by atoms with E-state index >= 15 is 0 Å². The summed E-state index contributed by atoms with van der Waals surface area (Å²) >= 11 is 7.60. The standard InChI is InChI=1S/C16H12ClN5O2S/c1-22-14(12-7-4-8-23-12)19-21-16(22)25-9-13-18-20-15(24-13)10-5-2-3-6-11(10)17/h2-8H,9H2,1H3. The number of rotatable bonds is 5. The van der Waals surface area contributed by atoms with Crippen LogP contribution in [0.3, 0.4) is 0 Å². The van der Waals surface area contributed by atoms with Gasteiger partial charge in [-0.3, -0.25) is 0 Å². The summed E-state index contributed by atoms with van der Waals surface area (Å²) in [5, 5.41) is 17.7. The third-order valence-electron chi connectivity index (χ3n) is 3.47. The molecule has 0 aliphatic heterocycles. The van der Waals surface area contributed by atoms with Crippen LogP contribution in [0.15, 0.2) is 56.7 Å². The highest BCUT2D eigenvalue weighted by Gasteiger charge is 2.16. The van der Waals surface area contributed by atoms with Crippen LogP contribution in [0.25, 0.3) is 23.0 Å². The van der Waals surface area contributed by atoms with Crippen molar-refractivity contribution in [2.75, 3.05) is 0 Å². The number of halogens is 1. The number of nitrogens with zero attached hydrogens (tertiary/aromatic N) is 5. The molecule has 0 bridgehead atoms. The minimum absolute atomic E-state index is 0.399. The molecule has 0 unspecified atom stereocenters. The molecule has 1 aromatic carbocycles. The molecule has 0 fully saturated rings. The summed E-state index contributed by atoms with van der Waals surface area (Å²) in [6, 6.07) is 11.0. The Bertz CT molecular complexity index is 996. The molecular weight excluding hydrogens is 362 g/mol. The maximum absolute atomic E-state index is 6.15. The Morgan fingerprint density at radius 3 is 2.76 bits per heavy atom. The molecule has 0 atom stereocenters. The van der Waals surface area contributed by atoms with E-state index in [9.17, 15) is 0 Å². The van der Waals surface area contributed by atoms with E-state index in [4.69, 9.17) is 20.4 Å². The summed E-state index contributed by atoms with van der Waals surface area (Å²) in [5.74, 6) is 2.69. The molecule has 0 saturated carbocycles. The fourth-order valence-corrected chi connectivity index (χ4v) is 3.21. The van der Waals surface area contributed by atoms with Gasteiger partial charge in [-0.2, -0.15) is 0 Å². The topological polar surface area (TPSA) is 82.8 Å². The van der Waals surface area contributed by atoms with Gasteiger partial charge in [-0.25, -0.2) is 0 Å². The second kappa shape index (κ2) is 6.73. The van der Waals surface area contributed by atoms with Gasteiger partial charge in [0.2, 0.25) is 11.8 Å². The van der Waals surface area contributed by atoms with Gasteiger partial charge in [0.15, 0.2) is 16.7 Å². The van der Waals surface area contributed by atoms with Crippen molar-refractivity contribution in [3.63, 3.8) is 0 Å². The van der Waals surface area contributed by atoms with E-state index in [1.807, 2.05) is 41.9 Å². The number of hydrogen-bond acceptors (Lipinski definition) is 7. The van der Waals surface area contributed by atoms with E-state index < -0.39 is 0 Å². The lowest BCUT2D eigenvalue weighted by molar-refractivity contribution is 0.528. The highest BCUT2D eigenvalue weighted by atomic mass is 35.5. The zero-order chi connectivity index (χ0) is 17.2. The van der Waals surface area contributed by atoms with Crippen LogP contribution in [0.1, 0.15) is 5.89 Å². The minimum atomic E-state index is 0.399. The third kappa shape index (κ3) is 3.18. The summed E-state index contributed by atoms with van der Waals surface area (Å²) < 4.78 is 12.9. The molecule has 0 aliphatic rings. The van der Waals surface area contributed by atoms with E-state index in [1.165, 1.54) is 11.8 Å². The van der Waals surface area contributed by atoms with E-state index in [0.717, 1.165) is 5.16 Å². The SMILES string of the molecule is Cn1c(SCc2nnc(-c3ccccc3Cl)o2)nnc1-c1ccco1. The first-order valence-corrected chi connectivity index (χ1v) is 8.72. The molecule has 0 spiro atoms. The molecule has 3 aromatic heterocycles. The van der Waals surface area contributed by atoms with Crippen molar-refractivity contribution in [1.82, 2.24) is 25.0 Å². The fraction of sp³-hybridized carbons (Fsp3) is 0.125. The first-order chi connectivity index (χ1) is 12.2. The Morgan fingerprint density at radius 2 is 1.96 bits per heavy atom. The first kappa shape index (κ1) is 15.9. The van der Waals surface area contributed by atoms with E-state index in [1.54, 1.807) is 12.3 Å². The summed E-state index contributed by atoms with van der Waals surface area (Å²) in [4.78, 5) is 0. The maximum atomic E-state index is 6.15. The quantitative estimate of drug-likeness (QED) is 0.487. The van der Waals surface area contributed by atoms with Crippen LogP contribution in [0, 0.1) is 0 Å². The normalized spacial score (nSPS) is 11.1. The summed E-state index contributed by atoms with van der Waals surface area (Å²) in [6.45, 7) is 0. The van der Waals surface area contributed by atoms with E-state index in [-0.39, 0.29) is 0 Å². The number of thioether (sulfide) groups is 1. The molecule has 0 amide bonds. The molecule has 25 heavy (non-hydrogen) atoms. The van der Waals surface area contributed by atoms with Gasteiger partial charge in [-0.1, -0.05) is 35.5 Å². The van der Waals surface area contributed by atoms with Crippen molar-refractivity contribution in [3.05, 3.63) is 53.6 Å². The van der Waals surface area contributed by atoms with Crippen LogP contribution in [0.4, 0.5) is 0 Å². The summed E-state index contributed by atoms with van der Waals surface area (Å²) in [6.07, 6.45) is 1.60. The Hall–Kier alpha value is -2.58. The van der Waals surface area contributed by atoms with Gasteiger partial charge in [-0.05, 0) is 24.3 Å². The summed E-state index contributed by atoms with van der Waals surface area (Å²) in [7, 11) is 1.88. The van der Waals surface area contributed by atoms with Gasteiger partial charge in [0.1, 0.15) is 0 Å². The Balaban J connectivity index is 1.49. The molecule has 0 N–H and O–H groups in total. The van der Waals surface area contributed by atoms with Crippen LogP contribution >= 0.6 is 23.4 Å². The molecule has 126 valence electrons. The predicted octanol–water partition coefficient (Wildman–Crippen LogP) is 4.07. The molecule has 4 aromatic rings. The van der Waals surface area contributed by atoms with Crippen LogP contribution in [-0.2, 0) is 12.8 Å². The predicted molar refractivity (Wildman–Crippen MR) is 93.0 cm³/mol. The molecule has 7 nitrogen and oxygen atoms in total. The van der Waals surface area contributed by atoms with Gasteiger partial charge >= 0.3 is 0 Å². The van der Waals surface area contributed by atoms with Gasteiger partial charge in [-0.15, -0.1) is 20.4 Å². The van der Waals surface area contributed by atoms with Gasteiger partial charge in [0.05, 0.1) is 22.6 Å². The number of hydrogen-bond donors (Lipinski definition) is 0. The molecular formula is C16H12ClN5O2S. The van der Waals surface area contributed by atoms with Gasteiger partial charge in [0.25, 0.3) is 0 Å². The van der Waals surface area contributed by atoms with Crippen LogP contribution in [0.2, 0.25) is 5.02 Å². The second-order valence-electron chi connectivity index (χ2n) is 5.11. The molecule has 4 rings (SSSR count). The lowest BCUT2D eigenvalue weighted by Crippen LogP contribution is -1.94. The Kier molecular flexibility index (Phi) is 4.29. The largest absolute Gasteiger partial charge is 0.461 e. The fourth-order valence-electron chi connectivity index (χ4n) is 2.24. The minimum Gasteiger partial charge on any atom is -0.461 e. The molecule has 9 heteroatoms. The van der Waals surface area contributed by atoms with Crippen molar-refractivity contribution in [1.29, 1.82) is 0 Å². The lowest BCUT2D eigenvalue weighted by Gasteiger charge is -2.00. The monoisotopic (exact) mass is 373 g/mol. The number of benzene rings is 1. The number of aromatic nitrogens is 5. The van der Waals surface area contributed by atoms with Gasteiger partial charge in [0, 0.05) is 7.05 Å². The lowest BCUT2D eigenvalue weighted by atomic mass is 10.2. The molecule has 0 saturated heterocycles. The molecule has 3 heterocycles. The zero-order valence-electron chi connectivity index (χ0n) is 13.1. The molecule has 0 aliphatic carbocycles.